The molecular formula is C16H14ClNO. The molecule has 0 radical (unpaired) electrons. The molecule has 0 aromatic heterocycles. The highest BCUT2D eigenvalue weighted by atomic mass is 35.5. The number of rotatable bonds is 1. The zero-order valence-electron chi connectivity index (χ0n) is 10.5. The van der Waals surface area contributed by atoms with E-state index in [-0.39, 0.29) is 11.8 Å². The van der Waals surface area contributed by atoms with Gasteiger partial charge in [0.15, 0.2) is 0 Å². The van der Waals surface area contributed by atoms with Gasteiger partial charge >= 0.3 is 0 Å². The van der Waals surface area contributed by atoms with Gasteiger partial charge in [-0.2, -0.15) is 0 Å². The van der Waals surface area contributed by atoms with Crippen LogP contribution in [0, 0.1) is 0 Å². The highest BCUT2D eigenvalue weighted by molar-refractivity contribution is 6.27. The molecule has 0 aliphatic carbocycles. The van der Waals surface area contributed by atoms with Crippen LogP contribution in [0.2, 0.25) is 0 Å². The van der Waals surface area contributed by atoms with Crippen LogP contribution < -0.4 is 0 Å². The summed E-state index contributed by atoms with van der Waals surface area (Å²) in [5.74, 6) is 0.0119. The maximum atomic E-state index is 11.9. The van der Waals surface area contributed by atoms with Crippen molar-refractivity contribution < 1.29 is 4.79 Å². The van der Waals surface area contributed by atoms with Crippen LogP contribution in [0.25, 0.3) is 11.1 Å². The zero-order chi connectivity index (χ0) is 13.2. The van der Waals surface area contributed by atoms with Crippen molar-refractivity contribution in [1.29, 1.82) is 0 Å². The van der Waals surface area contributed by atoms with Gasteiger partial charge in [0, 0.05) is 13.1 Å². The Labute approximate surface area is 117 Å². The fourth-order valence-corrected chi connectivity index (χ4v) is 2.74. The smallest absolute Gasteiger partial charge is 0.238 e. The molecule has 0 N–H and O–H groups in total. The van der Waals surface area contributed by atoms with E-state index in [1.165, 1.54) is 22.3 Å². The van der Waals surface area contributed by atoms with E-state index < -0.39 is 0 Å². The lowest BCUT2D eigenvalue weighted by Crippen LogP contribution is -2.30. The Bertz CT molecular complexity index is 576. The van der Waals surface area contributed by atoms with Gasteiger partial charge in [0.2, 0.25) is 5.91 Å². The summed E-state index contributed by atoms with van der Waals surface area (Å²) in [7, 11) is 0. The largest absolute Gasteiger partial charge is 0.333 e. The third-order valence-electron chi connectivity index (χ3n) is 3.51. The molecule has 3 heteroatoms. The number of amides is 1. The first-order valence-corrected chi connectivity index (χ1v) is 6.83. The first kappa shape index (κ1) is 12.2. The van der Waals surface area contributed by atoms with Crippen LogP contribution in [0.1, 0.15) is 11.1 Å². The van der Waals surface area contributed by atoms with E-state index in [1.54, 1.807) is 0 Å². The number of alkyl halides is 1. The fourth-order valence-electron chi connectivity index (χ4n) is 2.57. The third kappa shape index (κ3) is 2.24. The van der Waals surface area contributed by atoms with E-state index in [0.717, 1.165) is 0 Å². The Morgan fingerprint density at radius 3 is 1.89 bits per heavy atom. The van der Waals surface area contributed by atoms with Crippen LogP contribution in [0.4, 0.5) is 0 Å². The average molecular weight is 272 g/mol. The lowest BCUT2D eigenvalue weighted by molar-refractivity contribution is -0.129. The molecule has 3 rings (SSSR count). The van der Waals surface area contributed by atoms with E-state index in [1.807, 2.05) is 29.2 Å². The quantitative estimate of drug-likeness (QED) is 0.728. The molecule has 0 bridgehead atoms. The van der Waals surface area contributed by atoms with Crippen molar-refractivity contribution in [3.8, 4) is 11.1 Å². The second-order valence-electron chi connectivity index (χ2n) is 4.70. The predicted molar refractivity (Wildman–Crippen MR) is 76.9 cm³/mol. The van der Waals surface area contributed by atoms with Gasteiger partial charge < -0.3 is 4.90 Å². The molecule has 0 saturated heterocycles. The van der Waals surface area contributed by atoms with E-state index in [0.29, 0.717) is 13.1 Å². The van der Waals surface area contributed by atoms with Crippen LogP contribution >= 0.6 is 11.6 Å². The second-order valence-corrected chi connectivity index (χ2v) is 4.96. The second kappa shape index (κ2) is 5.06. The first-order valence-electron chi connectivity index (χ1n) is 6.29. The molecule has 2 aromatic rings. The lowest BCUT2D eigenvalue weighted by atomic mass is 9.97. The number of halogens is 1. The van der Waals surface area contributed by atoms with Crippen molar-refractivity contribution in [2.24, 2.45) is 0 Å². The molecule has 0 saturated carbocycles. The molecule has 1 amide bonds. The summed E-state index contributed by atoms with van der Waals surface area (Å²) in [6.07, 6.45) is 0. The van der Waals surface area contributed by atoms with Crippen molar-refractivity contribution in [2.45, 2.75) is 13.1 Å². The van der Waals surface area contributed by atoms with Crippen LogP contribution in [0.15, 0.2) is 48.5 Å². The number of carbonyl (C=O) groups is 1. The van der Waals surface area contributed by atoms with Crippen molar-refractivity contribution in [1.82, 2.24) is 4.90 Å². The van der Waals surface area contributed by atoms with E-state index in [9.17, 15) is 4.79 Å². The van der Waals surface area contributed by atoms with Crippen molar-refractivity contribution in [3.05, 3.63) is 59.7 Å². The molecule has 0 spiro atoms. The number of hydrogen-bond acceptors (Lipinski definition) is 1. The minimum absolute atomic E-state index is 0.0202. The van der Waals surface area contributed by atoms with Gasteiger partial charge in [-0.15, -0.1) is 11.6 Å². The zero-order valence-corrected chi connectivity index (χ0v) is 11.2. The van der Waals surface area contributed by atoms with Crippen molar-refractivity contribution >= 4 is 17.5 Å². The summed E-state index contributed by atoms with van der Waals surface area (Å²) >= 11 is 5.70. The minimum Gasteiger partial charge on any atom is -0.333 e. The van der Waals surface area contributed by atoms with Crippen LogP contribution in [0.3, 0.4) is 0 Å². The molecule has 1 aliphatic rings. The van der Waals surface area contributed by atoms with Gasteiger partial charge in [-0.05, 0) is 22.3 Å². The standard InChI is InChI=1S/C16H14ClNO/c17-9-16(19)18-10-12-5-1-3-7-14(12)15-8-4-2-6-13(15)11-18/h1-8H,9-11H2. The minimum atomic E-state index is -0.0202. The predicted octanol–water partition coefficient (Wildman–Crippen LogP) is 3.43. The Kier molecular flexibility index (Phi) is 3.26. The topological polar surface area (TPSA) is 20.3 Å². The fraction of sp³-hybridized carbons (Fsp3) is 0.188. The molecule has 96 valence electrons. The Hall–Kier alpha value is -1.80. The van der Waals surface area contributed by atoms with Crippen LogP contribution in [-0.4, -0.2) is 16.7 Å². The Morgan fingerprint density at radius 1 is 0.947 bits per heavy atom. The summed E-state index contributed by atoms with van der Waals surface area (Å²) in [6.45, 7) is 1.24. The normalized spacial score (nSPS) is 13.4. The first-order chi connectivity index (χ1) is 9.29. The number of benzene rings is 2. The van der Waals surface area contributed by atoms with Crippen molar-refractivity contribution in [3.63, 3.8) is 0 Å². The summed E-state index contributed by atoms with van der Waals surface area (Å²) < 4.78 is 0. The maximum Gasteiger partial charge on any atom is 0.238 e. The highest BCUT2D eigenvalue weighted by Gasteiger charge is 2.21. The summed E-state index contributed by atoms with van der Waals surface area (Å²) in [4.78, 5) is 13.8. The van der Waals surface area contributed by atoms with Gasteiger partial charge in [0.25, 0.3) is 0 Å². The molecule has 0 fully saturated rings. The van der Waals surface area contributed by atoms with Gasteiger partial charge in [0.1, 0.15) is 5.88 Å². The van der Waals surface area contributed by atoms with E-state index in [2.05, 4.69) is 24.3 Å². The monoisotopic (exact) mass is 271 g/mol. The van der Waals surface area contributed by atoms with Crippen LogP contribution in [-0.2, 0) is 17.9 Å². The highest BCUT2D eigenvalue weighted by Crippen LogP contribution is 2.32. The van der Waals surface area contributed by atoms with E-state index >= 15 is 0 Å². The third-order valence-corrected chi connectivity index (χ3v) is 3.74. The molecule has 1 heterocycles. The lowest BCUT2D eigenvalue weighted by Gasteiger charge is -2.20. The van der Waals surface area contributed by atoms with Crippen molar-refractivity contribution in [2.75, 3.05) is 5.88 Å². The van der Waals surface area contributed by atoms with Gasteiger partial charge in [-0.1, -0.05) is 48.5 Å². The molecule has 2 aromatic carbocycles. The number of fused-ring (bicyclic) bond motifs is 3. The number of carbonyl (C=O) groups excluding carboxylic acids is 1. The summed E-state index contributed by atoms with van der Waals surface area (Å²) in [6, 6.07) is 16.5. The van der Waals surface area contributed by atoms with Gasteiger partial charge in [-0.25, -0.2) is 0 Å². The molecule has 2 nitrogen and oxygen atoms in total. The summed E-state index contributed by atoms with van der Waals surface area (Å²) in [5.41, 5.74) is 4.77. The van der Waals surface area contributed by atoms with Crippen LogP contribution in [0.5, 0.6) is 0 Å². The Morgan fingerprint density at radius 2 is 1.42 bits per heavy atom. The molecule has 0 atom stereocenters. The average Bonchev–Trinajstić information content (AvgIpc) is 2.63. The van der Waals surface area contributed by atoms with Gasteiger partial charge in [0.05, 0.1) is 0 Å². The number of hydrogen-bond donors (Lipinski definition) is 0. The molecule has 0 unspecified atom stereocenters. The van der Waals surface area contributed by atoms with Gasteiger partial charge in [-0.3, -0.25) is 4.79 Å². The Balaban J connectivity index is 2.15. The molecule has 1 aliphatic heterocycles. The maximum absolute atomic E-state index is 11.9. The number of nitrogens with zero attached hydrogens (tertiary/aromatic N) is 1. The summed E-state index contributed by atoms with van der Waals surface area (Å²) in [5, 5.41) is 0. The SMILES string of the molecule is O=C(CCl)N1Cc2ccccc2-c2ccccc2C1. The van der Waals surface area contributed by atoms with E-state index in [4.69, 9.17) is 11.6 Å². The molecule has 19 heavy (non-hydrogen) atoms. The molecular weight excluding hydrogens is 258 g/mol.